The van der Waals surface area contributed by atoms with Crippen LogP contribution in [0.4, 0.5) is 5.69 Å². The Morgan fingerprint density at radius 1 is 1.03 bits per heavy atom. The van der Waals surface area contributed by atoms with Gasteiger partial charge in [-0.3, -0.25) is 9.55 Å². The highest BCUT2D eigenvalue weighted by Crippen LogP contribution is 2.39. The molecule has 1 saturated carbocycles. The molecule has 4 heterocycles. The summed E-state index contributed by atoms with van der Waals surface area (Å²) < 4.78 is 4.08. The van der Waals surface area contributed by atoms with Gasteiger partial charge in [-0.05, 0) is 56.2 Å². The summed E-state index contributed by atoms with van der Waals surface area (Å²) in [6, 6.07) is 12.5. The van der Waals surface area contributed by atoms with Crippen molar-refractivity contribution < 1.29 is 0 Å². The SMILES string of the molecule is CC1C=C(n2cnc(C3CC3)c2)C=CN1c1cccc(-c2nncn2-c2cccnc2)c1. The largest absolute Gasteiger partial charge is 0.341 e. The smallest absolute Gasteiger partial charge is 0.168 e. The van der Waals surface area contributed by atoms with Crippen molar-refractivity contribution in [3.63, 3.8) is 0 Å². The quantitative estimate of drug-likeness (QED) is 0.469. The molecule has 3 aromatic heterocycles. The third-order valence-corrected chi connectivity index (χ3v) is 6.03. The van der Waals surface area contributed by atoms with Gasteiger partial charge < -0.3 is 9.47 Å². The van der Waals surface area contributed by atoms with Crippen LogP contribution < -0.4 is 4.90 Å². The molecule has 7 heteroatoms. The Bertz CT molecular complexity index is 1310. The minimum Gasteiger partial charge on any atom is -0.341 e. The van der Waals surface area contributed by atoms with Crippen LogP contribution in [-0.4, -0.2) is 35.3 Å². The fourth-order valence-electron chi connectivity index (χ4n) is 4.16. The van der Waals surface area contributed by atoms with Gasteiger partial charge in [0.2, 0.25) is 0 Å². The summed E-state index contributed by atoms with van der Waals surface area (Å²) in [4.78, 5) is 11.1. The molecule has 6 rings (SSSR count). The summed E-state index contributed by atoms with van der Waals surface area (Å²) in [7, 11) is 0. The summed E-state index contributed by atoms with van der Waals surface area (Å²) in [5.41, 5.74) is 5.40. The Morgan fingerprint density at radius 3 is 2.75 bits per heavy atom. The van der Waals surface area contributed by atoms with E-state index in [1.54, 1.807) is 12.5 Å². The lowest BCUT2D eigenvalue weighted by molar-refractivity contribution is 0.840. The van der Waals surface area contributed by atoms with E-state index in [-0.39, 0.29) is 6.04 Å². The second-order valence-electron chi connectivity index (χ2n) is 8.32. The van der Waals surface area contributed by atoms with Crippen molar-refractivity contribution in [2.75, 3.05) is 4.90 Å². The number of hydrogen-bond acceptors (Lipinski definition) is 5. The van der Waals surface area contributed by atoms with E-state index in [4.69, 9.17) is 0 Å². The molecule has 2 aliphatic rings. The zero-order valence-corrected chi connectivity index (χ0v) is 17.8. The molecule has 1 aliphatic heterocycles. The van der Waals surface area contributed by atoms with Crippen molar-refractivity contribution in [1.29, 1.82) is 0 Å². The number of nitrogens with zero attached hydrogens (tertiary/aromatic N) is 7. The van der Waals surface area contributed by atoms with Gasteiger partial charge in [-0.2, -0.15) is 0 Å². The van der Waals surface area contributed by atoms with E-state index >= 15 is 0 Å². The summed E-state index contributed by atoms with van der Waals surface area (Å²) in [6.45, 7) is 2.20. The topological polar surface area (TPSA) is 64.7 Å². The fraction of sp³-hybridized carbons (Fsp3) is 0.200. The van der Waals surface area contributed by atoms with Gasteiger partial charge in [-0.15, -0.1) is 10.2 Å². The standard InChI is InChI=1S/C25H23N7/c1-18-12-21(30-15-24(27-16-30)19-7-8-19)9-11-31(18)22-5-2-4-20(13-22)25-29-28-17-32(25)23-6-3-10-26-14-23/h2-6,9-19H,7-8H2,1H3. The minimum atomic E-state index is 0.202. The number of hydrogen-bond donors (Lipinski definition) is 0. The van der Waals surface area contributed by atoms with Crippen LogP contribution in [0, 0.1) is 0 Å². The van der Waals surface area contributed by atoms with E-state index in [0.717, 1.165) is 28.5 Å². The zero-order chi connectivity index (χ0) is 21.5. The van der Waals surface area contributed by atoms with Gasteiger partial charge in [0.25, 0.3) is 0 Å². The first-order valence-electron chi connectivity index (χ1n) is 10.9. The third kappa shape index (κ3) is 3.41. The van der Waals surface area contributed by atoms with E-state index in [1.807, 2.05) is 29.2 Å². The average Bonchev–Trinajstić information content (AvgIpc) is 3.35. The van der Waals surface area contributed by atoms with E-state index in [9.17, 15) is 0 Å². The molecule has 0 N–H and O–H groups in total. The normalized spacial score (nSPS) is 18.1. The van der Waals surface area contributed by atoms with Crippen LogP contribution in [0.1, 0.15) is 31.4 Å². The molecule has 0 radical (unpaired) electrons. The van der Waals surface area contributed by atoms with Gasteiger partial charge in [0.15, 0.2) is 5.82 Å². The summed E-state index contributed by atoms with van der Waals surface area (Å²) >= 11 is 0. The van der Waals surface area contributed by atoms with Crippen molar-refractivity contribution in [2.45, 2.75) is 31.7 Å². The maximum Gasteiger partial charge on any atom is 0.168 e. The van der Waals surface area contributed by atoms with Crippen LogP contribution in [-0.2, 0) is 0 Å². The first-order chi connectivity index (χ1) is 15.8. The Balaban J connectivity index is 1.27. The van der Waals surface area contributed by atoms with Crippen molar-refractivity contribution in [3.05, 3.63) is 91.7 Å². The molecule has 1 atom stereocenters. The number of aromatic nitrogens is 6. The van der Waals surface area contributed by atoms with Gasteiger partial charge in [0, 0.05) is 41.5 Å². The van der Waals surface area contributed by atoms with Gasteiger partial charge in [-0.1, -0.05) is 12.1 Å². The number of imidazole rings is 1. The van der Waals surface area contributed by atoms with Crippen LogP contribution >= 0.6 is 0 Å². The Kier molecular flexibility index (Phi) is 4.45. The molecule has 0 bridgehead atoms. The predicted octanol–water partition coefficient (Wildman–Crippen LogP) is 4.67. The summed E-state index contributed by atoms with van der Waals surface area (Å²) in [5.74, 6) is 1.45. The minimum absolute atomic E-state index is 0.202. The fourth-order valence-corrected chi connectivity index (χ4v) is 4.16. The van der Waals surface area contributed by atoms with Crippen LogP contribution in [0.5, 0.6) is 0 Å². The average molecular weight is 422 g/mol. The number of anilines is 1. The van der Waals surface area contributed by atoms with Crippen molar-refractivity contribution in [2.24, 2.45) is 0 Å². The van der Waals surface area contributed by atoms with Crippen LogP contribution in [0.3, 0.4) is 0 Å². The Labute approximate surface area is 186 Å². The Morgan fingerprint density at radius 2 is 1.94 bits per heavy atom. The monoisotopic (exact) mass is 421 g/mol. The molecule has 1 fully saturated rings. The molecule has 0 saturated heterocycles. The maximum absolute atomic E-state index is 4.58. The van der Waals surface area contributed by atoms with Crippen LogP contribution in [0.2, 0.25) is 0 Å². The van der Waals surface area contributed by atoms with Gasteiger partial charge in [0.05, 0.1) is 29.9 Å². The lowest BCUT2D eigenvalue weighted by Crippen LogP contribution is -2.28. The number of allylic oxidation sites excluding steroid dienone is 2. The molecular formula is C25H23N7. The lowest BCUT2D eigenvalue weighted by atomic mass is 10.1. The second kappa shape index (κ2) is 7.60. The highest BCUT2D eigenvalue weighted by molar-refractivity contribution is 5.70. The first kappa shape index (κ1) is 18.7. The van der Waals surface area contributed by atoms with E-state index < -0.39 is 0 Å². The zero-order valence-electron chi connectivity index (χ0n) is 17.8. The van der Waals surface area contributed by atoms with Gasteiger partial charge >= 0.3 is 0 Å². The molecule has 1 aliphatic carbocycles. The highest BCUT2D eigenvalue weighted by atomic mass is 15.3. The van der Waals surface area contributed by atoms with E-state index in [0.29, 0.717) is 5.92 Å². The number of rotatable bonds is 5. The highest BCUT2D eigenvalue weighted by Gasteiger charge is 2.26. The second-order valence-corrected chi connectivity index (χ2v) is 8.32. The summed E-state index contributed by atoms with van der Waals surface area (Å²) in [5, 5.41) is 8.50. The molecule has 4 aromatic rings. The molecular weight excluding hydrogens is 398 g/mol. The van der Waals surface area contributed by atoms with E-state index in [2.05, 4.69) is 85.4 Å². The molecule has 1 aromatic carbocycles. The van der Waals surface area contributed by atoms with Crippen LogP contribution in [0.25, 0.3) is 22.8 Å². The van der Waals surface area contributed by atoms with Gasteiger partial charge in [0.1, 0.15) is 6.33 Å². The molecule has 1 unspecified atom stereocenters. The molecule has 158 valence electrons. The third-order valence-electron chi connectivity index (χ3n) is 6.03. The maximum atomic E-state index is 4.58. The van der Waals surface area contributed by atoms with Crippen molar-refractivity contribution >= 4 is 11.4 Å². The molecule has 0 spiro atoms. The first-order valence-corrected chi connectivity index (χ1v) is 10.9. The Hall–Kier alpha value is -4.00. The van der Waals surface area contributed by atoms with E-state index in [1.165, 1.54) is 18.5 Å². The molecule has 7 nitrogen and oxygen atoms in total. The van der Waals surface area contributed by atoms with Crippen molar-refractivity contribution in [3.8, 4) is 17.1 Å². The summed E-state index contributed by atoms with van der Waals surface area (Å²) in [6.07, 6.45) is 18.5. The molecule has 0 amide bonds. The van der Waals surface area contributed by atoms with Crippen LogP contribution in [0.15, 0.2) is 86.0 Å². The predicted molar refractivity (Wildman–Crippen MR) is 124 cm³/mol. The number of benzene rings is 1. The van der Waals surface area contributed by atoms with Crippen molar-refractivity contribution in [1.82, 2.24) is 29.3 Å². The van der Waals surface area contributed by atoms with Gasteiger partial charge in [-0.25, -0.2) is 4.98 Å². The molecule has 32 heavy (non-hydrogen) atoms. The lowest BCUT2D eigenvalue weighted by Gasteiger charge is -2.30. The number of pyridine rings is 1.